The number of carboxylic acids is 1. The van der Waals surface area contributed by atoms with Crippen LogP contribution in [0.5, 0.6) is 0 Å². The molecule has 0 aromatic carbocycles. The van der Waals surface area contributed by atoms with Crippen molar-refractivity contribution in [2.45, 2.75) is 3.79 Å². The van der Waals surface area contributed by atoms with Gasteiger partial charge in [0.05, 0.1) is 0 Å². The van der Waals surface area contributed by atoms with Gasteiger partial charge < -0.3 is 15.3 Å². The molecule has 8 heteroatoms. The van der Waals surface area contributed by atoms with Crippen molar-refractivity contribution < 1.29 is 24.9 Å². The first kappa shape index (κ1) is 13.2. The molecule has 0 aromatic rings. The maximum absolute atomic E-state index is 9.62. The molecule has 0 aliphatic carbocycles. The molecule has 0 atom stereocenters. The van der Waals surface area contributed by atoms with Gasteiger partial charge in [0.15, 0.2) is 0 Å². The van der Waals surface area contributed by atoms with Gasteiger partial charge in [-0.15, -0.1) is 0 Å². The predicted octanol–water partition coefficient (Wildman–Crippen LogP) is 1.66. The molecule has 0 fully saturated rings. The van der Waals surface area contributed by atoms with Crippen molar-refractivity contribution in [1.82, 2.24) is 0 Å². The molecule has 66 valence electrons. The third-order valence-corrected chi connectivity index (χ3v) is 0.728. The highest BCUT2D eigenvalue weighted by Gasteiger charge is 2.29. The van der Waals surface area contributed by atoms with Crippen LogP contribution in [0.25, 0.3) is 0 Å². The SMILES string of the molecule is O=C(O)C(Cl)(Cl)Cl.O=C(O)O. The standard InChI is InChI=1S/C2HCl3O2.CH2O3/c3-2(4,5)1(6)7;2-1(3)4/h(H,6,7);(H2,2,3,4). The minimum absolute atomic E-state index is 1.46. The molecule has 3 N–H and O–H groups in total. The molecule has 0 radical (unpaired) electrons. The monoisotopic (exact) mass is 224 g/mol. The van der Waals surface area contributed by atoms with Crippen molar-refractivity contribution in [1.29, 1.82) is 0 Å². The summed E-state index contributed by atoms with van der Waals surface area (Å²) < 4.78 is -2.17. The van der Waals surface area contributed by atoms with Crippen LogP contribution in [-0.4, -0.2) is 31.2 Å². The van der Waals surface area contributed by atoms with Gasteiger partial charge in [0, 0.05) is 0 Å². The summed E-state index contributed by atoms with van der Waals surface area (Å²) in [4.78, 5) is 18.2. The predicted molar refractivity (Wildman–Crippen MR) is 38.6 cm³/mol. The van der Waals surface area contributed by atoms with Crippen molar-refractivity contribution in [2.24, 2.45) is 0 Å². The van der Waals surface area contributed by atoms with Crippen molar-refractivity contribution in [2.75, 3.05) is 0 Å². The Bertz CT molecular complexity index is 146. The van der Waals surface area contributed by atoms with Crippen molar-refractivity contribution in [3.8, 4) is 0 Å². The lowest BCUT2D eigenvalue weighted by Gasteiger charge is -1.99. The van der Waals surface area contributed by atoms with Crippen LogP contribution in [0.2, 0.25) is 0 Å². The summed E-state index contributed by atoms with van der Waals surface area (Å²) in [5.74, 6) is -1.46. The number of carboxylic acid groups (broad SMARTS) is 3. The molecule has 0 saturated carbocycles. The van der Waals surface area contributed by atoms with E-state index in [9.17, 15) is 4.79 Å². The smallest absolute Gasteiger partial charge is 0.478 e. The van der Waals surface area contributed by atoms with E-state index >= 15 is 0 Å². The average molecular weight is 225 g/mol. The van der Waals surface area contributed by atoms with Gasteiger partial charge >= 0.3 is 12.1 Å². The number of halogens is 3. The zero-order valence-corrected chi connectivity index (χ0v) is 7.06. The van der Waals surface area contributed by atoms with Gasteiger partial charge in [0.2, 0.25) is 0 Å². The van der Waals surface area contributed by atoms with Crippen molar-refractivity contribution >= 4 is 46.9 Å². The van der Waals surface area contributed by atoms with E-state index in [1.807, 2.05) is 0 Å². The van der Waals surface area contributed by atoms with Crippen LogP contribution in [0.15, 0.2) is 0 Å². The van der Waals surface area contributed by atoms with E-state index in [0.717, 1.165) is 0 Å². The summed E-state index contributed by atoms with van der Waals surface area (Å²) in [6.07, 6.45) is -1.83. The van der Waals surface area contributed by atoms with Crippen LogP contribution in [0.4, 0.5) is 4.79 Å². The van der Waals surface area contributed by atoms with Crippen LogP contribution >= 0.6 is 34.8 Å². The lowest BCUT2D eigenvalue weighted by atomic mass is 10.8. The van der Waals surface area contributed by atoms with Gasteiger partial charge in [0.1, 0.15) is 0 Å². The Labute approximate surface area is 76.1 Å². The van der Waals surface area contributed by atoms with Crippen molar-refractivity contribution in [3.63, 3.8) is 0 Å². The number of hydrogen-bond donors (Lipinski definition) is 3. The fraction of sp³-hybridized carbons (Fsp3) is 0.333. The first-order chi connectivity index (χ1) is 4.68. The molecule has 0 spiro atoms. The third-order valence-electron chi connectivity index (χ3n) is 0.243. The quantitative estimate of drug-likeness (QED) is 0.545. The molecular weight excluding hydrogens is 222 g/mol. The minimum atomic E-state index is -2.17. The van der Waals surface area contributed by atoms with Crippen LogP contribution in [0, 0.1) is 0 Å². The van der Waals surface area contributed by atoms with E-state index in [2.05, 4.69) is 0 Å². The van der Waals surface area contributed by atoms with E-state index in [0.29, 0.717) is 0 Å². The van der Waals surface area contributed by atoms with Crippen LogP contribution in [0.3, 0.4) is 0 Å². The Morgan fingerprint density at radius 2 is 1.09 bits per heavy atom. The Morgan fingerprint density at radius 1 is 1.00 bits per heavy atom. The average Bonchev–Trinajstić information content (AvgIpc) is 1.59. The Balaban J connectivity index is 0. The molecule has 0 aliphatic rings. The second-order valence-corrected chi connectivity index (χ2v) is 3.37. The number of alkyl halides is 3. The summed E-state index contributed by atoms with van der Waals surface area (Å²) in [6, 6.07) is 0. The van der Waals surface area contributed by atoms with Gasteiger partial charge in [-0.1, -0.05) is 34.8 Å². The Kier molecular flexibility index (Phi) is 6.35. The molecule has 0 heterocycles. The molecule has 0 bridgehead atoms. The number of rotatable bonds is 0. The van der Waals surface area contributed by atoms with E-state index in [4.69, 9.17) is 54.9 Å². The Hall–Kier alpha value is -0.390. The fourth-order valence-corrected chi connectivity index (χ4v) is 0. The second-order valence-electron chi connectivity index (χ2n) is 1.09. The molecule has 0 amide bonds. The normalized spacial score (nSPS) is 9.36. The van der Waals surface area contributed by atoms with Gasteiger partial charge in [-0.3, -0.25) is 0 Å². The van der Waals surface area contributed by atoms with Gasteiger partial charge in [-0.25, -0.2) is 9.59 Å². The van der Waals surface area contributed by atoms with E-state index in [1.54, 1.807) is 0 Å². The lowest BCUT2D eigenvalue weighted by molar-refractivity contribution is -0.135. The highest BCUT2D eigenvalue weighted by Crippen LogP contribution is 2.25. The topological polar surface area (TPSA) is 94.8 Å². The summed E-state index contributed by atoms with van der Waals surface area (Å²) in [5.41, 5.74) is 0. The van der Waals surface area contributed by atoms with Crippen molar-refractivity contribution in [3.05, 3.63) is 0 Å². The maximum atomic E-state index is 9.62. The van der Waals surface area contributed by atoms with Gasteiger partial charge in [-0.05, 0) is 0 Å². The zero-order valence-electron chi connectivity index (χ0n) is 4.79. The van der Waals surface area contributed by atoms with Crippen LogP contribution in [0.1, 0.15) is 0 Å². The molecular formula is C3H3Cl3O5. The first-order valence-corrected chi connectivity index (χ1v) is 3.03. The van der Waals surface area contributed by atoms with Crippen LogP contribution in [-0.2, 0) is 4.79 Å². The molecule has 11 heavy (non-hydrogen) atoms. The highest BCUT2D eigenvalue weighted by molar-refractivity contribution is 6.75. The Morgan fingerprint density at radius 3 is 1.09 bits per heavy atom. The number of carbonyl (C=O) groups is 2. The number of aliphatic carboxylic acids is 1. The molecule has 0 rings (SSSR count). The molecule has 5 nitrogen and oxygen atoms in total. The molecule has 0 saturated heterocycles. The summed E-state index contributed by atoms with van der Waals surface area (Å²) >= 11 is 14.4. The first-order valence-electron chi connectivity index (χ1n) is 1.90. The largest absolute Gasteiger partial charge is 0.503 e. The molecule has 0 unspecified atom stereocenters. The highest BCUT2D eigenvalue weighted by atomic mass is 35.6. The maximum Gasteiger partial charge on any atom is 0.503 e. The summed E-state index contributed by atoms with van der Waals surface area (Å²) in [6.45, 7) is 0. The molecule has 0 aliphatic heterocycles. The fourth-order valence-electron chi connectivity index (χ4n) is 0. The lowest BCUT2D eigenvalue weighted by Crippen LogP contribution is -2.16. The van der Waals surface area contributed by atoms with Crippen LogP contribution < -0.4 is 0 Å². The van der Waals surface area contributed by atoms with E-state index in [-0.39, 0.29) is 0 Å². The number of hydrogen-bond acceptors (Lipinski definition) is 2. The van der Waals surface area contributed by atoms with Gasteiger partial charge in [-0.2, -0.15) is 0 Å². The molecule has 0 aromatic heterocycles. The summed E-state index contributed by atoms with van der Waals surface area (Å²) in [5, 5.41) is 21.8. The van der Waals surface area contributed by atoms with E-state index < -0.39 is 15.9 Å². The second kappa shape index (κ2) is 5.29. The van der Waals surface area contributed by atoms with Gasteiger partial charge in [0.25, 0.3) is 3.79 Å². The third kappa shape index (κ3) is 17.7. The summed E-state index contributed by atoms with van der Waals surface area (Å²) in [7, 11) is 0. The zero-order chi connectivity index (χ0) is 9.65. The minimum Gasteiger partial charge on any atom is -0.478 e. The van der Waals surface area contributed by atoms with E-state index in [1.165, 1.54) is 0 Å².